The van der Waals surface area contributed by atoms with E-state index in [2.05, 4.69) is 85.7 Å². The van der Waals surface area contributed by atoms with Crippen molar-refractivity contribution in [3.05, 3.63) is 41.5 Å². The van der Waals surface area contributed by atoms with Crippen LogP contribution in [0.1, 0.15) is 55.4 Å². The Hall–Kier alpha value is -0.521. The normalized spacial score (nSPS) is 39.9. The topological polar surface area (TPSA) is 0 Å². The van der Waals surface area contributed by atoms with Gasteiger partial charge in [-0.2, -0.15) is 0 Å². The van der Waals surface area contributed by atoms with Gasteiger partial charge in [-0.1, -0.05) is 0 Å². The first-order valence-electron chi connectivity index (χ1n) is 8.02. The van der Waals surface area contributed by atoms with E-state index in [1.807, 2.05) is 0 Å². The van der Waals surface area contributed by atoms with E-state index in [1.165, 1.54) is 0 Å². The molecule has 2 atom stereocenters. The van der Waals surface area contributed by atoms with Crippen molar-refractivity contribution in [2.75, 3.05) is 0 Å². The van der Waals surface area contributed by atoms with Crippen molar-refractivity contribution in [1.29, 1.82) is 0 Å². The molecule has 1 saturated heterocycles. The predicted molar refractivity (Wildman–Crippen MR) is 94.5 cm³/mol. The van der Waals surface area contributed by atoms with Gasteiger partial charge >= 0.3 is 135 Å². The van der Waals surface area contributed by atoms with Crippen LogP contribution >= 0.6 is 0 Å². The number of hydrogen-bond acceptors (Lipinski definition) is 0. The summed E-state index contributed by atoms with van der Waals surface area (Å²) in [5.41, 5.74) is 3.88. The monoisotopic (exact) mass is 349 g/mol. The molecule has 0 amide bonds. The molecule has 1 fully saturated rings. The van der Waals surface area contributed by atoms with Gasteiger partial charge in [0.05, 0.1) is 0 Å². The molecule has 1 heterocycles. The van der Waals surface area contributed by atoms with Gasteiger partial charge in [-0.15, -0.1) is 0 Å². The van der Waals surface area contributed by atoms with Gasteiger partial charge in [0.25, 0.3) is 0 Å². The molecule has 3 rings (SSSR count). The van der Waals surface area contributed by atoms with Gasteiger partial charge in [0.2, 0.25) is 0 Å². The summed E-state index contributed by atoms with van der Waals surface area (Å²) in [5.74, 6) is 0. The third-order valence-corrected chi connectivity index (χ3v) is 15.9. The van der Waals surface area contributed by atoms with E-state index in [0.29, 0.717) is 19.5 Å². The number of hydrogen-bond donors (Lipinski definition) is 0. The Morgan fingerprint density at radius 2 is 1.05 bits per heavy atom. The Morgan fingerprint density at radius 3 is 1.43 bits per heavy atom. The van der Waals surface area contributed by atoms with Crippen LogP contribution < -0.4 is 4.46 Å². The molecule has 1 aromatic carbocycles. The molecule has 2 unspecified atom stereocenters. The number of fused-ring (bicyclic) bond motifs is 1. The maximum atomic E-state index is 2.59. The van der Waals surface area contributed by atoms with Gasteiger partial charge in [-0.3, -0.25) is 0 Å². The molecule has 114 valence electrons. The number of allylic oxidation sites excluding steroid dienone is 2. The fourth-order valence-electron chi connectivity index (χ4n) is 4.94. The van der Waals surface area contributed by atoms with E-state index < -0.39 is 13.9 Å². The first kappa shape index (κ1) is 15.4. The molecular weight excluding hydrogens is 319 g/mol. The van der Waals surface area contributed by atoms with Gasteiger partial charge in [0, 0.05) is 0 Å². The molecule has 0 radical (unpaired) electrons. The van der Waals surface area contributed by atoms with E-state index in [1.54, 1.807) is 15.6 Å². The van der Waals surface area contributed by atoms with Gasteiger partial charge in [0.1, 0.15) is 0 Å². The fourth-order valence-corrected chi connectivity index (χ4v) is 14.5. The van der Waals surface area contributed by atoms with Crippen LogP contribution in [0.25, 0.3) is 0 Å². The molecule has 0 aromatic heterocycles. The summed E-state index contributed by atoms with van der Waals surface area (Å²) >= 11 is -0.876. The molecule has 0 N–H and O–H groups in total. The molecule has 1 heteroatoms. The fraction of sp³-hybridized carbons (Fsp3) is 0.600. The summed E-state index contributed by atoms with van der Waals surface area (Å²) < 4.78 is 2.55. The quantitative estimate of drug-likeness (QED) is 0.476. The average Bonchev–Trinajstić information content (AvgIpc) is 2.98. The second kappa shape index (κ2) is 4.06. The van der Waals surface area contributed by atoms with Crippen LogP contribution in [0.2, 0.25) is 8.63 Å². The molecule has 1 aliphatic carbocycles. The summed E-state index contributed by atoms with van der Waals surface area (Å²) in [7, 11) is 0. The third kappa shape index (κ3) is 1.43. The average molecular weight is 348 g/mol. The van der Waals surface area contributed by atoms with Gasteiger partial charge < -0.3 is 0 Å². The summed E-state index contributed by atoms with van der Waals surface area (Å²) in [6.45, 7) is 19.9. The SMILES string of the molecule is CC1=C(C)C(C)(C)C2(C)[Se+](c3ccccc3)C2(C)C1(C)C. The standard InChI is InChI=1S/C20H29Se/c1-14-15(2)18(5,6)20(8)19(7,17(14,3)4)21(20)16-12-10-9-11-13-16/h9-13H,1-8H3/q+1. The first-order chi connectivity index (χ1) is 9.54. The summed E-state index contributed by atoms with van der Waals surface area (Å²) in [4.78, 5) is 0. The van der Waals surface area contributed by atoms with Crippen LogP contribution in [0.4, 0.5) is 0 Å². The van der Waals surface area contributed by atoms with Crippen molar-refractivity contribution in [3.8, 4) is 0 Å². The molecule has 0 nitrogen and oxygen atoms in total. The van der Waals surface area contributed by atoms with Crippen molar-refractivity contribution < 1.29 is 0 Å². The zero-order valence-corrected chi connectivity index (χ0v) is 16.5. The molecule has 1 aromatic rings. The van der Waals surface area contributed by atoms with Gasteiger partial charge in [0.15, 0.2) is 0 Å². The molecule has 0 spiro atoms. The Balaban J connectivity index is 2.25. The van der Waals surface area contributed by atoms with E-state index in [-0.39, 0.29) is 0 Å². The van der Waals surface area contributed by atoms with E-state index in [9.17, 15) is 0 Å². The zero-order chi connectivity index (χ0) is 15.8. The van der Waals surface area contributed by atoms with Crippen molar-refractivity contribution in [2.45, 2.75) is 64.0 Å². The molecule has 0 saturated carbocycles. The van der Waals surface area contributed by atoms with Crippen molar-refractivity contribution in [3.63, 3.8) is 0 Å². The molecule has 2 aliphatic rings. The van der Waals surface area contributed by atoms with Crippen LogP contribution in [0, 0.1) is 10.8 Å². The summed E-state index contributed by atoms with van der Waals surface area (Å²) in [6.07, 6.45) is 0. The van der Waals surface area contributed by atoms with E-state index in [4.69, 9.17) is 0 Å². The zero-order valence-electron chi connectivity index (χ0n) is 14.8. The Labute approximate surface area is 134 Å². The second-order valence-electron chi connectivity index (χ2n) is 8.19. The minimum atomic E-state index is -0.876. The third-order valence-electron chi connectivity index (χ3n) is 7.49. The second-order valence-corrected chi connectivity index (χ2v) is 13.9. The Bertz CT molecular complexity index is 586. The molecule has 21 heavy (non-hydrogen) atoms. The summed E-state index contributed by atoms with van der Waals surface area (Å²) in [5, 5.41) is 0. The Morgan fingerprint density at radius 1 is 0.667 bits per heavy atom. The van der Waals surface area contributed by atoms with E-state index in [0.717, 1.165) is 0 Å². The summed E-state index contributed by atoms with van der Waals surface area (Å²) in [6, 6.07) is 11.4. The van der Waals surface area contributed by atoms with Crippen molar-refractivity contribution in [1.82, 2.24) is 0 Å². The van der Waals surface area contributed by atoms with Crippen LogP contribution in [0.15, 0.2) is 41.5 Å². The van der Waals surface area contributed by atoms with Crippen LogP contribution in [-0.4, -0.2) is 13.9 Å². The minimum absolute atomic E-state index is 0.307. The Kier molecular flexibility index (Phi) is 2.97. The van der Waals surface area contributed by atoms with E-state index >= 15 is 0 Å². The van der Waals surface area contributed by atoms with Crippen molar-refractivity contribution >= 4 is 18.4 Å². The van der Waals surface area contributed by atoms with Gasteiger partial charge in [-0.05, 0) is 0 Å². The first-order valence-corrected chi connectivity index (χ1v) is 10.6. The maximum absolute atomic E-state index is 2.59. The number of benzene rings is 1. The van der Waals surface area contributed by atoms with Crippen LogP contribution in [-0.2, 0) is 0 Å². The molecule has 0 bridgehead atoms. The molecule has 1 aliphatic heterocycles. The van der Waals surface area contributed by atoms with Crippen LogP contribution in [0.3, 0.4) is 0 Å². The van der Waals surface area contributed by atoms with Crippen molar-refractivity contribution in [2.24, 2.45) is 10.8 Å². The van der Waals surface area contributed by atoms with Gasteiger partial charge in [-0.25, -0.2) is 0 Å². The van der Waals surface area contributed by atoms with Crippen LogP contribution in [0.5, 0.6) is 0 Å². The number of rotatable bonds is 1. The molecular formula is C20H29Se+. The predicted octanol–water partition coefficient (Wildman–Crippen LogP) is 5.33.